The molecule has 0 amide bonds. The van der Waals surface area contributed by atoms with Crippen LogP contribution in [0.25, 0.3) is 0 Å². The lowest BCUT2D eigenvalue weighted by Gasteiger charge is -2.33. The maximum absolute atomic E-state index is 4.20. The Morgan fingerprint density at radius 1 is 1.53 bits per heavy atom. The van der Waals surface area contributed by atoms with E-state index < -0.39 is 0 Å². The van der Waals surface area contributed by atoms with Gasteiger partial charge in [0.15, 0.2) is 0 Å². The number of nitrogens with zero attached hydrogens (tertiary/aromatic N) is 2. The van der Waals surface area contributed by atoms with Gasteiger partial charge >= 0.3 is 0 Å². The number of aromatic nitrogens is 1. The zero-order valence-electron chi connectivity index (χ0n) is 10.4. The molecule has 1 aliphatic rings. The van der Waals surface area contributed by atoms with E-state index in [2.05, 4.69) is 44.4 Å². The highest BCUT2D eigenvalue weighted by atomic mass is 79.9. The molecule has 96 valence electrons. The van der Waals surface area contributed by atoms with Crippen molar-refractivity contribution in [1.82, 2.24) is 14.6 Å². The average Bonchev–Trinajstić information content (AvgIpc) is 2.67. The molecule has 3 nitrogen and oxygen atoms in total. The first-order chi connectivity index (χ1) is 8.15. The summed E-state index contributed by atoms with van der Waals surface area (Å²) in [4.78, 5) is 3.87. The number of likely N-dealkylation sites (tertiary alicyclic amines) is 1. The second-order valence-corrected chi connectivity index (χ2v) is 6.71. The Balaban J connectivity index is 1.78. The largest absolute Gasteiger partial charge is 0.312 e. The van der Waals surface area contributed by atoms with Gasteiger partial charge < -0.3 is 5.32 Å². The predicted molar refractivity (Wildman–Crippen MR) is 76.4 cm³/mol. The van der Waals surface area contributed by atoms with Crippen LogP contribution in [0.1, 0.15) is 31.6 Å². The second-order valence-electron chi connectivity index (χ2n) is 4.97. The molecule has 0 atom stereocenters. The summed E-state index contributed by atoms with van der Waals surface area (Å²) in [5.74, 6) is 0. The van der Waals surface area contributed by atoms with Crippen molar-refractivity contribution in [2.45, 2.75) is 45.3 Å². The molecule has 1 aromatic rings. The molecule has 2 heterocycles. The first kappa shape index (κ1) is 13.5. The van der Waals surface area contributed by atoms with Crippen LogP contribution in [0, 0.1) is 0 Å². The average molecular weight is 318 g/mol. The number of hydrogen-bond donors (Lipinski definition) is 1. The fourth-order valence-corrected chi connectivity index (χ4v) is 3.53. The van der Waals surface area contributed by atoms with Gasteiger partial charge in [0.1, 0.15) is 0 Å². The Labute approximate surface area is 116 Å². The quantitative estimate of drug-likeness (QED) is 0.925. The summed E-state index contributed by atoms with van der Waals surface area (Å²) in [6.07, 6.45) is 4.41. The topological polar surface area (TPSA) is 28.2 Å². The molecule has 5 heteroatoms. The molecule has 0 radical (unpaired) electrons. The van der Waals surface area contributed by atoms with Crippen molar-refractivity contribution in [3.8, 4) is 0 Å². The van der Waals surface area contributed by atoms with Gasteiger partial charge in [-0.05, 0) is 40.3 Å². The van der Waals surface area contributed by atoms with Gasteiger partial charge in [-0.1, -0.05) is 13.8 Å². The number of nitrogens with one attached hydrogen (secondary N) is 1. The highest BCUT2D eigenvalue weighted by Gasteiger charge is 2.20. The van der Waals surface area contributed by atoms with Crippen LogP contribution in [-0.2, 0) is 6.54 Å². The van der Waals surface area contributed by atoms with E-state index in [9.17, 15) is 0 Å². The summed E-state index contributed by atoms with van der Waals surface area (Å²) in [6.45, 7) is 7.87. The van der Waals surface area contributed by atoms with Gasteiger partial charge in [-0.2, -0.15) is 4.37 Å². The fourth-order valence-electron chi connectivity index (χ4n) is 2.29. The standard InChI is InChI=1S/C12H20BrN3S/c1-9(2)15-10-3-5-16(6-4-10)8-12-11(13)7-14-17-12/h7,9-10,15H,3-6,8H2,1-2H3. The summed E-state index contributed by atoms with van der Waals surface area (Å²) < 4.78 is 5.35. The number of rotatable bonds is 4. The lowest BCUT2D eigenvalue weighted by atomic mass is 10.0. The monoisotopic (exact) mass is 317 g/mol. The van der Waals surface area contributed by atoms with E-state index in [4.69, 9.17) is 0 Å². The van der Waals surface area contributed by atoms with Gasteiger partial charge in [-0.25, -0.2) is 0 Å². The van der Waals surface area contributed by atoms with Crippen LogP contribution >= 0.6 is 27.5 Å². The van der Waals surface area contributed by atoms with Crippen molar-refractivity contribution in [1.29, 1.82) is 0 Å². The molecule has 0 bridgehead atoms. The highest BCUT2D eigenvalue weighted by molar-refractivity contribution is 9.10. The van der Waals surface area contributed by atoms with Gasteiger partial charge in [-0.3, -0.25) is 4.90 Å². The van der Waals surface area contributed by atoms with Crippen molar-refractivity contribution < 1.29 is 0 Å². The Kier molecular flexibility index (Phi) is 4.97. The summed E-state index contributed by atoms with van der Waals surface area (Å²) >= 11 is 5.15. The molecule has 2 rings (SSSR count). The van der Waals surface area contributed by atoms with E-state index in [1.807, 2.05) is 6.20 Å². The van der Waals surface area contributed by atoms with Crippen molar-refractivity contribution in [3.63, 3.8) is 0 Å². The molecule has 1 aromatic heterocycles. The van der Waals surface area contributed by atoms with E-state index in [1.165, 1.54) is 30.8 Å². The molecule has 0 aliphatic carbocycles. The molecule has 1 aliphatic heterocycles. The number of piperidine rings is 1. The summed E-state index contributed by atoms with van der Waals surface area (Å²) in [5, 5.41) is 3.63. The van der Waals surface area contributed by atoms with Gasteiger partial charge in [0, 0.05) is 31.7 Å². The minimum Gasteiger partial charge on any atom is -0.312 e. The normalized spacial score (nSPS) is 19.1. The Morgan fingerprint density at radius 2 is 2.24 bits per heavy atom. The molecular formula is C12H20BrN3S. The summed E-state index contributed by atoms with van der Waals surface area (Å²) in [6, 6.07) is 1.30. The third-order valence-electron chi connectivity index (χ3n) is 3.12. The summed E-state index contributed by atoms with van der Waals surface area (Å²) in [5.41, 5.74) is 0. The Morgan fingerprint density at radius 3 is 2.76 bits per heavy atom. The second kappa shape index (κ2) is 6.27. The predicted octanol–water partition coefficient (Wildman–Crippen LogP) is 2.87. The molecule has 0 saturated carbocycles. The smallest absolute Gasteiger partial charge is 0.0552 e. The first-order valence-corrected chi connectivity index (χ1v) is 7.79. The van der Waals surface area contributed by atoms with E-state index in [1.54, 1.807) is 11.5 Å². The van der Waals surface area contributed by atoms with Crippen molar-refractivity contribution in [2.24, 2.45) is 0 Å². The van der Waals surface area contributed by atoms with E-state index in [0.717, 1.165) is 11.0 Å². The molecule has 1 fully saturated rings. The molecule has 1 N–H and O–H groups in total. The minimum absolute atomic E-state index is 0.599. The van der Waals surface area contributed by atoms with Crippen LogP contribution in [-0.4, -0.2) is 34.4 Å². The van der Waals surface area contributed by atoms with Crippen LogP contribution in [0.2, 0.25) is 0 Å². The Hall–Kier alpha value is 0.0300. The van der Waals surface area contributed by atoms with Crippen LogP contribution in [0.15, 0.2) is 10.7 Å². The van der Waals surface area contributed by atoms with Crippen LogP contribution < -0.4 is 5.32 Å². The van der Waals surface area contributed by atoms with E-state index >= 15 is 0 Å². The first-order valence-electron chi connectivity index (χ1n) is 6.22. The molecule has 0 aromatic carbocycles. The number of hydrogen-bond acceptors (Lipinski definition) is 4. The maximum atomic E-state index is 4.20. The molecule has 17 heavy (non-hydrogen) atoms. The minimum atomic E-state index is 0.599. The third kappa shape index (κ3) is 4.02. The van der Waals surface area contributed by atoms with Gasteiger partial charge in [0.25, 0.3) is 0 Å². The lowest BCUT2D eigenvalue weighted by molar-refractivity contribution is 0.187. The van der Waals surface area contributed by atoms with Crippen molar-refractivity contribution in [3.05, 3.63) is 15.5 Å². The lowest BCUT2D eigenvalue weighted by Crippen LogP contribution is -2.44. The zero-order valence-corrected chi connectivity index (χ0v) is 12.9. The van der Waals surface area contributed by atoms with Crippen molar-refractivity contribution in [2.75, 3.05) is 13.1 Å². The molecular weight excluding hydrogens is 298 g/mol. The van der Waals surface area contributed by atoms with Gasteiger partial charge in [0.2, 0.25) is 0 Å². The fraction of sp³-hybridized carbons (Fsp3) is 0.750. The van der Waals surface area contributed by atoms with E-state index in [0.29, 0.717) is 12.1 Å². The summed E-state index contributed by atoms with van der Waals surface area (Å²) in [7, 11) is 0. The molecule has 0 unspecified atom stereocenters. The Bertz CT molecular complexity index is 345. The van der Waals surface area contributed by atoms with Crippen LogP contribution in [0.5, 0.6) is 0 Å². The maximum Gasteiger partial charge on any atom is 0.0552 e. The van der Waals surface area contributed by atoms with Gasteiger partial charge in [0.05, 0.1) is 15.5 Å². The van der Waals surface area contributed by atoms with Crippen LogP contribution in [0.3, 0.4) is 0 Å². The SMILES string of the molecule is CC(C)NC1CCN(Cc2sncc2Br)CC1. The third-order valence-corrected chi connectivity index (χ3v) is 4.85. The number of halogens is 1. The highest BCUT2D eigenvalue weighted by Crippen LogP contribution is 2.23. The van der Waals surface area contributed by atoms with Crippen LogP contribution in [0.4, 0.5) is 0 Å². The molecule has 1 saturated heterocycles. The van der Waals surface area contributed by atoms with Crippen molar-refractivity contribution >= 4 is 27.5 Å². The van der Waals surface area contributed by atoms with E-state index in [-0.39, 0.29) is 0 Å². The van der Waals surface area contributed by atoms with Gasteiger partial charge in [-0.15, -0.1) is 0 Å². The zero-order chi connectivity index (χ0) is 12.3. The molecule has 0 spiro atoms.